The van der Waals surface area contributed by atoms with Gasteiger partial charge in [-0.1, -0.05) is 12.1 Å². The number of aromatic carboxylic acids is 1. The molecular weight excluding hydrogens is 258 g/mol. The quantitative estimate of drug-likeness (QED) is 0.806. The van der Waals surface area contributed by atoms with Gasteiger partial charge in [-0.25, -0.2) is 4.79 Å². The molecule has 1 unspecified atom stereocenters. The van der Waals surface area contributed by atoms with Crippen molar-refractivity contribution in [3.8, 4) is 5.75 Å². The average molecular weight is 279 g/mol. The third kappa shape index (κ3) is 3.95. The zero-order chi connectivity index (χ0) is 14.4. The molecule has 110 valence electrons. The molecule has 0 spiro atoms. The number of hydrogen-bond donors (Lipinski definition) is 1. The van der Waals surface area contributed by atoms with E-state index >= 15 is 0 Å². The highest BCUT2D eigenvalue weighted by Gasteiger charge is 2.18. The fourth-order valence-corrected chi connectivity index (χ4v) is 2.31. The lowest BCUT2D eigenvalue weighted by molar-refractivity contribution is -0.00202. The first-order valence-corrected chi connectivity index (χ1v) is 6.95. The predicted octanol–water partition coefficient (Wildman–Crippen LogP) is 1.87. The molecule has 0 saturated carbocycles. The topological polar surface area (TPSA) is 59.0 Å². The summed E-state index contributed by atoms with van der Waals surface area (Å²) in [4.78, 5) is 13.4. The molecule has 0 aromatic heterocycles. The zero-order valence-electron chi connectivity index (χ0n) is 11.7. The monoisotopic (exact) mass is 279 g/mol. The van der Waals surface area contributed by atoms with Crippen molar-refractivity contribution in [2.24, 2.45) is 0 Å². The maximum Gasteiger partial charge on any atom is 0.339 e. The van der Waals surface area contributed by atoms with Crippen LogP contribution in [-0.4, -0.2) is 54.9 Å². The van der Waals surface area contributed by atoms with Gasteiger partial charge in [0.05, 0.1) is 19.8 Å². The van der Waals surface area contributed by atoms with Crippen LogP contribution in [0.1, 0.15) is 23.7 Å². The van der Waals surface area contributed by atoms with E-state index < -0.39 is 5.97 Å². The average Bonchev–Trinajstić information content (AvgIpc) is 2.45. The van der Waals surface area contributed by atoms with Gasteiger partial charge in [-0.3, -0.25) is 4.90 Å². The lowest BCUT2D eigenvalue weighted by atomic mass is 10.2. The third-order valence-electron chi connectivity index (χ3n) is 3.47. The minimum Gasteiger partial charge on any atom is -0.493 e. The van der Waals surface area contributed by atoms with Crippen LogP contribution in [0.25, 0.3) is 0 Å². The van der Waals surface area contributed by atoms with Crippen LogP contribution >= 0.6 is 0 Å². The van der Waals surface area contributed by atoms with E-state index in [4.69, 9.17) is 14.6 Å². The van der Waals surface area contributed by atoms with Crippen molar-refractivity contribution in [1.82, 2.24) is 4.90 Å². The number of carboxylic acids is 1. The zero-order valence-corrected chi connectivity index (χ0v) is 11.7. The van der Waals surface area contributed by atoms with Crippen molar-refractivity contribution in [1.29, 1.82) is 0 Å². The first-order valence-electron chi connectivity index (χ1n) is 6.95. The molecular formula is C15H21NO4. The van der Waals surface area contributed by atoms with Crippen LogP contribution in [0.3, 0.4) is 0 Å². The van der Waals surface area contributed by atoms with Gasteiger partial charge in [-0.05, 0) is 25.5 Å². The summed E-state index contributed by atoms with van der Waals surface area (Å²) >= 11 is 0. The van der Waals surface area contributed by atoms with E-state index in [9.17, 15) is 4.79 Å². The summed E-state index contributed by atoms with van der Waals surface area (Å²) in [5, 5.41) is 9.06. The summed E-state index contributed by atoms with van der Waals surface area (Å²) < 4.78 is 11.0. The van der Waals surface area contributed by atoms with Gasteiger partial charge in [0, 0.05) is 19.1 Å². The van der Waals surface area contributed by atoms with Gasteiger partial charge in [-0.15, -0.1) is 0 Å². The molecule has 1 fully saturated rings. The number of rotatable bonds is 6. The van der Waals surface area contributed by atoms with E-state index in [0.29, 0.717) is 18.4 Å². The Morgan fingerprint density at radius 1 is 1.50 bits per heavy atom. The first kappa shape index (κ1) is 14.8. The molecule has 2 rings (SSSR count). The molecule has 1 saturated heterocycles. The molecule has 1 aromatic rings. The predicted molar refractivity (Wildman–Crippen MR) is 75.4 cm³/mol. The molecule has 1 aliphatic heterocycles. The first-order chi connectivity index (χ1) is 9.68. The van der Waals surface area contributed by atoms with Crippen LogP contribution in [-0.2, 0) is 4.74 Å². The summed E-state index contributed by atoms with van der Waals surface area (Å²) in [6, 6.07) is 7.18. The normalized spacial score (nSPS) is 19.8. The summed E-state index contributed by atoms with van der Waals surface area (Å²) in [5.41, 5.74) is 0.215. The molecule has 1 atom stereocenters. The number of benzene rings is 1. The van der Waals surface area contributed by atoms with Crippen molar-refractivity contribution in [3.05, 3.63) is 29.8 Å². The highest BCUT2D eigenvalue weighted by molar-refractivity contribution is 5.90. The number of carbonyl (C=O) groups is 1. The largest absolute Gasteiger partial charge is 0.493 e. The maximum absolute atomic E-state index is 11.0. The number of nitrogens with zero attached hydrogens (tertiary/aromatic N) is 1. The Hall–Kier alpha value is -1.59. The Morgan fingerprint density at radius 2 is 2.30 bits per heavy atom. The fraction of sp³-hybridized carbons (Fsp3) is 0.533. The Labute approximate surface area is 119 Å². The van der Waals surface area contributed by atoms with Gasteiger partial charge in [0.25, 0.3) is 0 Å². The molecule has 0 aliphatic carbocycles. The smallest absolute Gasteiger partial charge is 0.339 e. The molecule has 1 heterocycles. The van der Waals surface area contributed by atoms with Crippen molar-refractivity contribution < 1.29 is 19.4 Å². The molecule has 1 aliphatic rings. The van der Waals surface area contributed by atoms with Crippen molar-refractivity contribution in [3.63, 3.8) is 0 Å². The SMILES string of the molecule is CC1COCCN1CCCOc1ccccc1C(=O)O. The Kier molecular flexibility index (Phi) is 5.38. The second-order valence-electron chi connectivity index (χ2n) is 4.96. The van der Waals surface area contributed by atoms with Gasteiger partial charge in [0.15, 0.2) is 0 Å². The lowest BCUT2D eigenvalue weighted by Crippen LogP contribution is -2.44. The van der Waals surface area contributed by atoms with Gasteiger partial charge >= 0.3 is 5.97 Å². The van der Waals surface area contributed by atoms with Crippen LogP contribution in [0.15, 0.2) is 24.3 Å². The van der Waals surface area contributed by atoms with E-state index in [1.165, 1.54) is 0 Å². The molecule has 5 heteroatoms. The number of hydrogen-bond acceptors (Lipinski definition) is 4. The van der Waals surface area contributed by atoms with Gasteiger partial charge in [0.2, 0.25) is 0 Å². The van der Waals surface area contributed by atoms with E-state index in [1.807, 2.05) is 0 Å². The minimum atomic E-state index is -0.956. The summed E-state index contributed by atoms with van der Waals surface area (Å²) in [6.45, 7) is 6.14. The summed E-state index contributed by atoms with van der Waals surface area (Å²) in [6.07, 6.45) is 0.873. The summed E-state index contributed by atoms with van der Waals surface area (Å²) in [5.74, 6) is -0.516. The molecule has 20 heavy (non-hydrogen) atoms. The highest BCUT2D eigenvalue weighted by atomic mass is 16.5. The van der Waals surface area contributed by atoms with Crippen molar-refractivity contribution in [2.45, 2.75) is 19.4 Å². The van der Waals surface area contributed by atoms with E-state index in [1.54, 1.807) is 24.3 Å². The van der Waals surface area contributed by atoms with Crippen LogP contribution < -0.4 is 4.74 Å². The number of para-hydroxylation sites is 1. The summed E-state index contributed by atoms with van der Waals surface area (Å²) in [7, 11) is 0. The van der Waals surface area contributed by atoms with E-state index in [2.05, 4.69) is 11.8 Å². The Balaban J connectivity index is 1.77. The van der Waals surface area contributed by atoms with Crippen LogP contribution in [0, 0.1) is 0 Å². The molecule has 1 N–H and O–H groups in total. The highest BCUT2D eigenvalue weighted by Crippen LogP contribution is 2.18. The molecule has 0 amide bonds. The lowest BCUT2D eigenvalue weighted by Gasteiger charge is -2.33. The Morgan fingerprint density at radius 3 is 3.05 bits per heavy atom. The molecule has 1 aromatic carbocycles. The Bertz CT molecular complexity index is 449. The fourth-order valence-electron chi connectivity index (χ4n) is 2.31. The second kappa shape index (κ2) is 7.26. The van der Waals surface area contributed by atoms with Crippen molar-refractivity contribution in [2.75, 3.05) is 32.9 Å². The van der Waals surface area contributed by atoms with Gasteiger partial charge < -0.3 is 14.6 Å². The second-order valence-corrected chi connectivity index (χ2v) is 4.96. The van der Waals surface area contributed by atoms with Crippen LogP contribution in [0.5, 0.6) is 5.75 Å². The van der Waals surface area contributed by atoms with E-state index in [-0.39, 0.29) is 5.56 Å². The molecule has 0 bridgehead atoms. The minimum absolute atomic E-state index is 0.215. The van der Waals surface area contributed by atoms with Crippen LogP contribution in [0.4, 0.5) is 0 Å². The van der Waals surface area contributed by atoms with E-state index in [0.717, 1.165) is 32.7 Å². The maximum atomic E-state index is 11.0. The number of ether oxygens (including phenoxy) is 2. The van der Waals surface area contributed by atoms with Crippen molar-refractivity contribution >= 4 is 5.97 Å². The van der Waals surface area contributed by atoms with Crippen LogP contribution in [0.2, 0.25) is 0 Å². The standard InChI is InChI=1S/C15H21NO4/c1-12-11-19-10-8-16(12)7-4-9-20-14-6-3-2-5-13(14)15(17)18/h2-3,5-6,12H,4,7-11H2,1H3,(H,17,18). The molecule has 5 nitrogen and oxygen atoms in total. The molecule has 0 radical (unpaired) electrons. The number of morpholine rings is 1. The number of carboxylic acid groups (broad SMARTS) is 1. The third-order valence-corrected chi connectivity index (χ3v) is 3.47. The van der Waals surface area contributed by atoms with Gasteiger partial charge in [0.1, 0.15) is 11.3 Å². The van der Waals surface area contributed by atoms with Gasteiger partial charge in [-0.2, -0.15) is 0 Å².